The number of hydrogen-bond acceptors (Lipinski definition) is 3. The molecule has 0 amide bonds. The number of aliphatic hydroxyl groups is 2. The molecule has 0 aliphatic rings. The van der Waals surface area contributed by atoms with Gasteiger partial charge in [-0.15, -0.1) is 12.4 Å². The van der Waals surface area contributed by atoms with Crippen LogP contribution in [0.3, 0.4) is 0 Å². The van der Waals surface area contributed by atoms with Crippen molar-refractivity contribution in [2.45, 2.75) is 12.1 Å². The Labute approximate surface area is 83.6 Å². The van der Waals surface area contributed by atoms with Gasteiger partial charge in [-0.1, -0.05) is 30.3 Å². The summed E-state index contributed by atoms with van der Waals surface area (Å²) in [6.45, 7) is -0.212. The maximum atomic E-state index is 9.50. The van der Waals surface area contributed by atoms with Crippen LogP contribution in [0.4, 0.5) is 0 Å². The average molecular weight is 210 g/mol. The first-order valence-electron chi connectivity index (χ1n) is 3.85. The van der Waals surface area contributed by atoms with Crippen LogP contribution in [0.5, 0.6) is 0 Å². The predicted octanol–water partition coefficient (Wildman–Crippen LogP) is 0.461. The second-order valence-corrected chi connectivity index (χ2v) is 2.70. The van der Waals surface area contributed by atoms with Gasteiger partial charge in [-0.2, -0.15) is 0 Å². The van der Waals surface area contributed by atoms with Crippen molar-refractivity contribution in [1.29, 1.82) is 0 Å². The Hall–Kier alpha value is -0.610. The first-order chi connectivity index (χ1) is 5.75. The zero-order chi connectivity index (χ0) is 8.97. The molecule has 1 aromatic carbocycles. The van der Waals surface area contributed by atoms with E-state index in [9.17, 15) is 5.11 Å². The van der Waals surface area contributed by atoms with E-state index >= 15 is 0 Å². The Kier molecular flexibility index (Phi) is 5.66. The van der Waals surface area contributed by atoms with E-state index in [0.717, 1.165) is 5.56 Å². The van der Waals surface area contributed by atoms with Crippen molar-refractivity contribution in [1.82, 2.24) is 0 Å². The van der Waals surface area contributed by atoms with Crippen LogP contribution in [-0.2, 0) is 0 Å². The molecule has 0 aromatic heterocycles. The number of nitrogens with two attached hydrogens (primary N) is 1. The van der Waals surface area contributed by atoms with Crippen molar-refractivity contribution in [3.63, 3.8) is 0 Å². The molecule has 0 aliphatic carbocycles. The summed E-state index contributed by atoms with van der Waals surface area (Å²) in [7, 11) is 0. The van der Waals surface area contributed by atoms with E-state index in [1.807, 2.05) is 18.2 Å². The van der Waals surface area contributed by atoms with Gasteiger partial charge in [0.05, 0.1) is 18.8 Å². The third-order valence-corrected chi connectivity index (χ3v) is 1.76. The van der Waals surface area contributed by atoms with Gasteiger partial charge in [-0.05, 0) is 5.56 Å². The van der Waals surface area contributed by atoms with Crippen molar-refractivity contribution < 1.29 is 10.2 Å². The van der Waals surface area contributed by atoms with Crippen molar-refractivity contribution in [2.24, 2.45) is 5.73 Å². The van der Waals surface area contributed by atoms with Crippen molar-refractivity contribution >= 4 is 12.4 Å². The highest BCUT2D eigenvalue weighted by Crippen LogP contribution is 2.14. The van der Waals surface area contributed by atoms with Crippen LogP contribution in [0, 0.1) is 0 Å². The van der Waals surface area contributed by atoms with Crippen molar-refractivity contribution in [3.05, 3.63) is 35.9 Å². The lowest BCUT2D eigenvalue weighted by Gasteiger charge is -2.16. The second-order valence-electron chi connectivity index (χ2n) is 2.70. The highest BCUT2D eigenvalue weighted by molar-refractivity contribution is 5.85. The Morgan fingerprint density at radius 1 is 1.23 bits per heavy atom. The molecule has 74 valence electrons. The lowest BCUT2D eigenvalue weighted by molar-refractivity contribution is 0.109. The molecule has 4 N–H and O–H groups in total. The number of hydrogen-bond donors (Lipinski definition) is 3. The van der Waals surface area contributed by atoms with Gasteiger partial charge in [-0.3, -0.25) is 0 Å². The lowest BCUT2D eigenvalue weighted by Crippen LogP contribution is -2.31. The van der Waals surface area contributed by atoms with Gasteiger partial charge in [0.25, 0.3) is 0 Å². The SMILES string of the molecule is Cl.N[C@H](CO)[C@@H](O)[13c]1[13cH][13cH][13cH][13cH][13cH]1. The van der Waals surface area contributed by atoms with E-state index in [1.54, 1.807) is 12.1 Å². The molecule has 0 heterocycles. The van der Waals surface area contributed by atoms with Gasteiger partial charge < -0.3 is 15.9 Å². The highest BCUT2D eigenvalue weighted by atomic mass is 35.5. The summed E-state index contributed by atoms with van der Waals surface area (Å²) < 4.78 is 0. The van der Waals surface area contributed by atoms with Crippen molar-refractivity contribution in [2.75, 3.05) is 6.61 Å². The number of halogens is 1. The zero-order valence-corrected chi connectivity index (χ0v) is 7.95. The quantitative estimate of drug-likeness (QED) is 0.678. The van der Waals surface area contributed by atoms with Crippen LogP contribution < -0.4 is 5.73 Å². The molecule has 0 unspecified atom stereocenters. The van der Waals surface area contributed by atoms with Crippen LogP contribution in [0.15, 0.2) is 30.3 Å². The Morgan fingerprint density at radius 3 is 2.23 bits per heavy atom. The van der Waals surface area contributed by atoms with Gasteiger partial charge in [0.15, 0.2) is 0 Å². The monoisotopic (exact) mass is 209 g/mol. The minimum Gasteiger partial charge on any atom is -0.395 e. The highest BCUT2D eigenvalue weighted by Gasteiger charge is 2.14. The van der Waals surface area contributed by atoms with Crippen LogP contribution in [0.2, 0.25) is 0 Å². The topological polar surface area (TPSA) is 66.5 Å². The molecule has 0 aliphatic heterocycles. The third-order valence-electron chi connectivity index (χ3n) is 1.76. The summed E-state index contributed by atoms with van der Waals surface area (Å²) in [6, 6.07) is 8.46. The molecule has 2 atom stereocenters. The van der Waals surface area contributed by atoms with Gasteiger partial charge in [-0.25, -0.2) is 0 Å². The second kappa shape index (κ2) is 5.94. The molecule has 1 rings (SSSR count). The molecule has 13 heavy (non-hydrogen) atoms. The van der Waals surface area contributed by atoms with Crippen LogP contribution in [0.25, 0.3) is 0 Å². The minimum absolute atomic E-state index is 0. The standard InChI is InChI=1S/C9H13NO2.ClH/c10-8(6-11)9(12)7-4-2-1-3-5-7;/h1-5,8-9,11-12H,6,10H2;1H/t8-,9+;/m1./s1/i1+1,2+1,3+1,4+1,5+1,7+1;. The summed E-state index contributed by atoms with van der Waals surface area (Å²) in [6.07, 6.45) is -0.781. The molecule has 0 bridgehead atoms. The summed E-state index contributed by atoms with van der Waals surface area (Å²) in [5.74, 6) is 0. The Morgan fingerprint density at radius 2 is 1.77 bits per heavy atom. The molecule has 4 heteroatoms. The van der Waals surface area contributed by atoms with E-state index in [4.69, 9.17) is 10.8 Å². The molecule has 3 nitrogen and oxygen atoms in total. The average Bonchev–Trinajstić information content (AvgIpc) is 2.17. The maximum absolute atomic E-state index is 9.50. The number of rotatable bonds is 3. The molecule has 0 spiro atoms. The molecule has 0 fully saturated rings. The van der Waals surface area contributed by atoms with Gasteiger partial charge in [0, 0.05) is 0 Å². The third kappa shape index (κ3) is 3.32. The molecule has 1 aromatic rings. The normalized spacial score (nSPS) is 14.4. The molecule has 0 saturated carbocycles. The lowest BCUT2D eigenvalue weighted by atomic mass is 10.2. The van der Waals surface area contributed by atoms with Gasteiger partial charge in [0.1, 0.15) is 0 Å². The van der Waals surface area contributed by atoms with E-state index in [-0.39, 0.29) is 19.0 Å². The summed E-state index contributed by atoms with van der Waals surface area (Å²) in [5.41, 5.74) is 6.18. The van der Waals surface area contributed by atoms with Crippen LogP contribution >= 0.6 is 12.4 Å². The van der Waals surface area contributed by atoms with E-state index < -0.39 is 12.1 Å². The van der Waals surface area contributed by atoms with Crippen LogP contribution in [0.1, 0.15) is 11.7 Å². The molecular weight excluding hydrogens is 196 g/mol. The van der Waals surface area contributed by atoms with Gasteiger partial charge >= 0.3 is 0 Å². The minimum atomic E-state index is -0.781. The number of aliphatic hydroxyl groups excluding tert-OH is 2. The molecule has 0 saturated heterocycles. The Bertz CT molecular complexity index is 230. The Balaban J connectivity index is 0.00000144. The van der Waals surface area contributed by atoms with Gasteiger partial charge in [0.2, 0.25) is 0 Å². The van der Waals surface area contributed by atoms with E-state index in [2.05, 4.69) is 0 Å². The summed E-state index contributed by atoms with van der Waals surface area (Å²) >= 11 is 0. The molecule has 0 radical (unpaired) electrons. The van der Waals surface area contributed by atoms with Crippen molar-refractivity contribution in [3.8, 4) is 0 Å². The fourth-order valence-electron chi connectivity index (χ4n) is 0.997. The smallest absolute Gasteiger partial charge is 0.0963 e. The van der Waals surface area contributed by atoms with E-state index in [0.29, 0.717) is 0 Å². The fraction of sp³-hybridized carbons (Fsp3) is 0.333. The first kappa shape index (κ1) is 12.4. The maximum Gasteiger partial charge on any atom is 0.0963 e. The van der Waals surface area contributed by atoms with Crippen LogP contribution in [-0.4, -0.2) is 22.9 Å². The largest absolute Gasteiger partial charge is 0.395 e. The summed E-state index contributed by atoms with van der Waals surface area (Å²) in [5, 5.41) is 18.2. The fourth-order valence-corrected chi connectivity index (χ4v) is 0.997. The summed E-state index contributed by atoms with van der Waals surface area (Å²) in [4.78, 5) is 0. The predicted molar refractivity (Wildman–Crippen MR) is 53.7 cm³/mol. The number of benzene rings is 1. The first-order valence-corrected chi connectivity index (χ1v) is 3.85. The molecular formula is C9H14ClNO2. The zero-order valence-electron chi connectivity index (χ0n) is 7.13. The van der Waals surface area contributed by atoms with E-state index in [1.165, 1.54) is 0 Å².